The summed E-state index contributed by atoms with van der Waals surface area (Å²) in [7, 11) is -3.74. The number of amides is 1. The number of hydrogen-bond donors (Lipinski definition) is 2. The minimum atomic E-state index is -3.74. The molecule has 2 aromatic rings. The summed E-state index contributed by atoms with van der Waals surface area (Å²) in [6.07, 6.45) is 0. The van der Waals surface area contributed by atoms with Gasteiger partial charge in [0.05, 0.1) is 6.04 Å². The number of rotatable bonds is 8. The summed E-state index contributed by atoms with van der Waals surface area (Å²) < 4.78 is 30.7. The number of thiophene rings is 1. The normalized spacial score (nSPS) is 12.4. The van der Waals surface area contributed by atoms with E-state index in [1.807, 2.05) is 37.3 Å². The molecule has 0 aliphatic carbocycles. The molecule has 1 aromatic carbocycles. The fourth-order valence-electron chi connectivity index (χ4n) is 1.95. The zero-order valence-corrected chi connectivity index (χ0v) is 15.1. The fourth-order valence-corrected chi connectivity index (χ4v) is 3.95. The lowest BCUT2D eigenvalue weighted by Gasteiger charge is -2.14. The second-order valence-electron chi connectivity index (χ2n) is 5.12. The summed E-state index contributed by atoms with van der Waals surface area (Å²) in [6, 6.07) is 12.1. The summed E-state index contributed by atoms with van der Waals surface area (Å²) in [4.78, 5) is 23.4. The first-order valence-electron chi connectivity index (χ1n) is 7.41. The Morgan fingerprint density at radius 2 is 1.88 bits per heavy atom. The Bertz CT molecular complexity index is 804. The number of carbonyl (C=O) groups excluding carboxylic acids is 2. The lowest BCUT2D eigenvalue weighted by Crippen LogP contribution is -2.34. The zero-order chi connectivity index (χ0) is 18.3. The van der Waals surface area contributed by atoms with Crippen molar-refractivity contribution in [3.05, 3.63) is 53.4 Å². The third-order valence-corrected chi connectivity index (χ3v) is 6.01. The molecule has 0 spiro atoms. The maximum Gasteiger partial charge on any atom is 0.321 e. The summed E-state index contributed by atoms with van der Waals surface area (Å²) in [6.45, 7) is 0.794. The Balaban J connectivity index is 1.73. The van der Waals surface area contributed by atoms with Crippen molar-refractivity contribution >= 4 is 33.2 Å². The number of esters is 1. The second-order valence-corrected chi connectivity index (χ2v) is 8.06. The molecule has 0 aliphatic heterocycles. The smallest absolute Gasteiger partial charge is 0.321 e. The Morgan fingerprint density at radius 3 is 2.52 bits per heavy atom. The highest BCUT2D eigenvalue weighted by Crippen LogP contribution is 2.15. The van der Waals surface area contributed by atoms with Gasteiger partial charge in [-0.3, -0.25) is 9.59 Å². The molecule has 7 nitrogen and oxygen atoms in total. The van der Waals surface area contributed by atoms with Gasteiger partial charge in [0, 0.05) is 0 Å². The largest absolute Gasteiger partial charge is 0.455 e. The van der Waals surface area contributed by atoms with Crippen LogP contribution in [0.1, 0.15) is 18.5 Å². The number of sulfonamides is 1. The first-order valence-corrected chi connectivity index (χ1v) is 9.78. The first kappa shape index (κ1) is 19.1. The number of ether oxygens (including phenoxy) is 1. The van der Waals surface area contributed by atoms with E-state index in [0.717, 1.165) is 16.9 Å². The highest BCUT2D eigenvalue weighted by molar-refractivity contribution is 7.91. The van der Waals surface area contributed by atoms with E-state index in [0.29, 0.717) is 0 Å². The molecule has 1 amide bonds. The minimum absolute atomic E-state index is 0.106. The van der Waals surface area contributed by atoms with Gasteiger partial charge in [0.1, 0.15) is 10.8 Å². The van der Waals surface area contributed by atoms with Crippen LogP contribution in [0.4, 0.5) is 0 Å². The molecular weight excluding hydrogens is 364 g/mol. The van der Waals surface area contributed by atoms with Crippen molar-refractivity contribution in [1.29, 1.82) is 0 Å². The van der Waals surface area contributed by atoms with Crippen LogP contribution in [-0.4, -0.2) is 33.4 Å². The second kappa shape index (κ2) is 8.75. The monoisotopic (exact) mass is 382 g/mol. The summed E-state index contributed by atoms with van der Waals surface area (Å²) >= 11 is 1.04. The van der Waals surface area contributed by atoms with Crippen molar-refractivity contribution in [2.24, 2.45) is 0 Å². The van der Waals surface area contributed by atoms with E-state index in [-0.39, 0.29) is 10.3 Å². The average Bonchev–Trinajstić information content (AvgIpc) is 3.14. The number of carbonyl (C=O) groups is 2. The van der Waals surface area contributed by atoms with E-state index in [1.165, 1.54) is 6.07 Å². The molecule has 0 fully saturated rings. The van der Waals surface area contributed by atoms with Crippen LogP contribution < -0.4 is 10.0 Å². The van der Waals surface area contributed by atoms with Crippen LogP contribution >= 0.6 is 11.3 Å². The lowest BCUT2D eigenvalue weighted by atomic mass is 10.1. The zero-order valence-electron chi connectivity index (χ0n) is 13.5. The Hall–Kier alpha value is -2.23. The van der Waals surface area contributed by atoms with Gasteiger partial charge in [-0.05, 0) is 23.9 Å². The van der Waals surface area contributed by atoms with E-state index in [4.69, 9.17) is 4.74 Å². The van der Waals surface area contributed by atoms with E-state index in [1.54, 1.807) is 11.4 Å². The Labute approximate surface area is 150 Å². The standard InChI is InChI=1S/C16H18N2O5S2/c1-12(13-6-3-2-4-7-13)18-14(19)11-23-15(20)10-17-25(21,22)16-8-5-9-24-16/h2-9,12,17H,10-11H2,1H3,(H,18,19). The van der Waals surface area contributed by atoms with Crippen LogP contribution in [-0.2, 0) is 24.3 Å². The van der Waals surface area contributed by atoms with E-state index in [2.05, 4.69) is 10.0 Å². The fraction of sp³-hybridized carbons (Fsp3) is 0.250. The van der Waals surface area contributed by atoms with E-state index < -0.39 is 35.1 Å². The van der Waals surface area contributed by atoms with Crippen LogP contribution in [0, 0.1) is 0 Å². The quantitative estimate of drug-likeness (QED) is 0.673. The van der Waals surface area contributed by atoms with Crippen LogP contribution in [0.3, 0.4) is 0 Å². The van der Waals surface area contributed by atoms with Crippen LogP contribution in [0.2, 0.25) is 0 Å². The van der Waals surface area contributed by atoms with E-state index in [9.17, 15) is 18.0 Å². The van der Waals surface area contributed by atoms with Gasteiger partial charge in [0.15, 0.2) is 6.61 Å². The molecule has 1 heterocycles. The minimum Gasteiger partial charge on any atom is -0.455 e. The van der Waals surface area contributed by atoms with Crippen molar-refractivity contribution in [2.45, 2.75) is 17.2 Å². The highest BCUT2D eigenvalue weighted by atomic mass is 32.2. The molecule has 2 N–H and O–H groups in total. The molecule has 0 bridgehead atoms. The third kappa shape index (κ3) is 5.96. The molecule has 9 heteroatoms. The van der Waals surface area contributed by atoms with Gasteiger partial charge < -0.3 is 10.1 Å². The number of benzene rings is 1. The summed E-state index contributed by atoms with van der Waals surface area (Å²) in [5.41, 5.74) is 0.922. The van der Waals surface area contributed by atoms with Crippen LogP contribution in [0.15, 0.2) is 52.1 Å². The molecular formula is C16H18N2O5S2. The Morgan fingerprint density at radius 1 is 1.16 bits per heavy atom. The molecule has 134 valence electrons. The van der Waals surface area contributed by atoms with Gasteiger partial charge in [-0.1, -0.05) is 36.4 Å². The average molecular weight is 382 g/mol. The highest BCUT2D eigenvalue weighted by Gasteiger charge is 2.17. The van der Waals surface area contributed by atoms with Gasteiger partial charge in [-0.15, -0.1) is 11.3 Å². The van der Waals surface area contributed by atoms with E-state index >= 15 is 0 Å². The summed E-state index contributed by atoms with van der Waals surface area (Å²) in [5.74, 6) is -1.30. The molecule has 1 unspecified atom stereocenters. The molecule has 2 rings (SSSR count). The van der Waals surface area contributed by atoms with Gasteiger partial charge in [0.25, 0.3) is 15.9 Å². The maximum atomic E-state index is 11.9. The SMILES string of the molecule is CC(NC(=O)COC(=O)CNS(=O)(=O)c1cccs1)c1ccccc1. The molecule has 0 aliphatic rings. The molecule has 0 radical (unpaired) electrons. The lowest BCUT2D eigenvalue weighted by molar-refractivity contribution is -0.147. The van der Waals surface area contributed by atoms with Crippen molar-refractivity contribution in [1.82, 2.24) is 10.0 Å². The Kier molecular flexibility index (Phi) is 6.68. The third-order valence-electron chi connectivity index (χ3n) is 3.21. The topological polar surface area (TPSA) is 102 Å². The first-order chi connectivity index (χ1) is 11.9. The maximum absolute atomic E-state index is 11.9. The molecule has 0 saturated heterocycles. The molecule has 1 atom stereocenters. The van der Waals surface area contributed by atoms with Crippen molar-refractivity contribution in [3.8, 4) is 0 Å². The van der Waals surface area contributed by atoms with Crippen molar-refractivity contribution in [2.75, 3.05) is 13.2 Å². The summed E-state index contributed by atoms with van der Waals surface area (Å²) in [5, 5.41) is 4.31. The van der Waals surface area contributed by atoms with Gasteiger partial charge in [0.2, 0.25) is 0 Å². The molecule has 25 heavy (non-hydrogen) atoms. The predicted molar refractivity (Wildman–Crippen MR) is 93.5 cm³/mol. The van der Waals surface area contributed by atoms with Gasteiger partial charge in [-0.25, -0.2) is 8.42 Å². The van der Waals surface area contributed by atoms with Crippen LogP contribution in [0.25, 0.3) is 0 Å². The number of nitrogens with one attached hydrogen (secondary N) is 2. The van der Waals surface area contributed by atoms with Gasteiger partial charge in [-0.2, -0.15) is 4.72 Å². The molecule has 1 aromatic heterocycles. The molecule has 0 saturated carbocycles. The number of hydrogen-bond acceptors (Lipinski definition) is 6. The van der Waals surface area contributed by atoms with Crippen molar-refractivity contribution in [3.63, 3.8) is 0 Å². The van der Waals surface area contributed by atoms with Crippen molar-refractivity contribution < 1.29 is 22.7 Å². The van der Waals surface area contributed by atoms with Crippen LogP contribution in [0.5, 0.6) is 0 Å². The van der Waals surface area contributed by atoms with Gasteiger partial charge >= 0.3 is 5.97 Å². The predicted octanol–water partition coefficient (Wildman–Crippen LogP) is 1.45.